The second-order valence-corrected chi connectivity index (χ2v) is 6.13. The molecule has 1 heterocycles. The lowest BCUT2D eigenvalue weighted by molar-refractivity contribution is -0.137. The average molecular weight is 370 g/mol. The fourth-order valence-electron chi connectivity index (χ4n) is 2.69. The molecule has 3 rings (SSSR count). The maximum absolute atomic E-state index is 12.7. The first-order valence-corrected chi connectivity index (χ1v) is 7.96. The number of rotatable bonds is 3. The predicted molar refractivity (Wildman–Crippen MR) is 88.9 cm³/mol. The third-order valence-corrected chi connectivity index (χ3v) is 4.30. The van der Waals surface area contributed by atoms with Crippen LogP contribution in [0.1, 0.15) is 23.6 Å². The molecule has 8 heteroatoms. The van der Waals surface area contributed by atoms with Crippen LogP contribution in [0.25, 0.3) is 0 Å². The Hall–Kier alpha value is -2.09. The molecular weight excluding hydrogens is 355 g/mol. The second-order valence-electron chi connectivity index (χ2n) is 5.72. The highest BCUT2D eigenvalue weighted by atomic mass is 35.5. The summed E-state index contributed by atoms with van der Waals surface area (Å²) in [5, 5.41) is 3.09. The van der Waals surface area contributed by atoms with Gasteiger partial charge >= 0.3 is 6.18 Å². The van der Waals surface area contributed by atoms with Crippen LogP contribution in [0.5, 0.6) is 0 Å². The largest absolute Gasteiger partial charge is 0.416 e. The molecule has 1 aliphatic rings. The highest BCUT2D eigenvalue weighted by molar-refractivity contribution is 6.31. The molecule has 1 amide bonds. The van der Waals surface area contributed by atoms with Crippen molar-refractivity contribution in [2.45, 2.75) is 24.7 Å². The molecule has 0 bridgehead atoms. The molecule has 0 spiro atoms. The number of hydrogen-bond acceptors (Lipinski definition) is 3. The molecule has 132 valence electrons. The first kappa shape index (κ1) is 17.7. The molecule has 2 aromatic carbocycles. The number of alkyl halides is 3. The summed E-state index contributed by atoms with van der Waals surface area (Å²) in [5.74, 6) is -0.415. The van der Waals surface area contributed by atoms with Crippen LogP contribution < -0.4 is 16.2 Å². The molecule has 1 aliphatic heterocycles. The lowest BCUT2D eigenvalue weighted by Crippen LogP contribution is -2.39. The van der Waals surface area contributed by atoms with Gasteiger partial charge < -0.3 is 5.32 Å². The minimum absolute atomic E-state index is 0.0998. The van der Waals surface area contributed by atoms with Crippen molar-refractivity contribution in [2.24, 2.45) is 0 Å². The average Bonchev–Trinajstić information content (AvgIpc) is 3.04. The molecule has 2 atom stereocenters. The highest BCUT2D eigenvalue weighted by Gasteiger charge is 2.32. The van der Waals surface area contributed by atoms with E-state index in [4.69, 9.17) is 11.6 Å². The number of hydrogen-bond donors (Lipinski definition) is 3. The van der Waals surface area contributed by atoms with Crippen LogP contribution in [0, 0.1) is 0 Å². The van der Waals surface area contributed by atoms with E-state index in [0.717, 1.165) is 17.7 Å². The van der Waals surface area contributed by atoms with E-state index in [9.17, 15) is 18.0 Å². The maximum Gasteiger partial charge on any atom is 0.416 e. The molecule has 3 N–H and O–H groups in total. The number of carbonyl (C=O) groups excluding carboxylic acids is 1. The van der Waals surface area contributed by atoms with E-state index in [1.54, 1.807) is 6.07 Å². The van der Waals surface area contributed by atoms with Crippen molar-refractivity contribution in [2.75, 3.05) is 5.32 Å². The number of benzene rings is 2. The van der Waals surface area contributed by atoms with Crippen LogP contribution in [0.4, 0.5) is 18.9 Å². The van der Waals surface area contributed by atoms with Crippen molar-refractivity contribution < 1.29 is 18.0 Å². The quantitative estimate of drug-likeness (QED) is 0.769. The summed E-state index contributed by atoms with van der Waals surface area (Å²) in [6, 6.07) is 11.1. The van der Waals surface area contributed by atoms with Gasteiger partial charge in [0.1, 0.15) is 6.04 Å². The van der Waals surface area contributed by atoms with Crippen LogP contribution in [0.15, 0.2) is 48.5 Å². The minimum Gasteiger partial charge on any atom is -0.325 e. The smallest absolute Gasteiger partial charge is 0.325 e. The van der Waals surface area contributed by atoms with Gasteiger partial charge in [0.25, 0.3) is 0 Å². The zero-order valence-corrected chi connectivity index (χ0v) is 13.7. The van der Waals surface area contributed by atoms with Crippen molar-refractivity contribution in [1.82, 2.24) is 10.9 Å². The Morgan fingerprint density at radius 3 is 2.60 bits per heavy atom. The molecule has 0 aliphatic carbocycles. The number of halogens is 4. The van der Waals surface area contributed by atoms with Crippen molar-refractivity contribution in [3.05, 3.63) is 64.7 Å². The SMILES string of the molecule is O=C(Nc1cccc(C(F)(F)F)c1)C1CC(c2ccccc2Cl)NN1. The van der Waals surface area contributed by atoms with E-state index in [2.05, 4.69) is 16.2 Å². The van der Waals surface area contributed by atoms with Gasteiger partial charge in [-0.15, -0.1) is 0 Å². The van der Waals surface area contributed by atoms with Crippen LogP contribution in [-0.4, -0.2) is 11.9 Å². The van der Waals surface area contributed by atoms with Gasteiger partial charge in [0.05, 0.1) is 5.56 Å². The fraction of sp³-hybridized carbons (Fsp3) is 0.235. The molecule has 0 aromatic heterocycles. The summed E-state index contributed by atoms with van der Waals surface area (Å²) in [4.78, 5) is 12.3. The summed E-state index contributed by atoms with van der Waals surface area (Å²) in [6.07, 6.45) is -4.03. The van der Waals surface area contributed by atoms with Gasteiger partial charge in [0.2, 0.25) is 5.91 Å². The number of carbonyl (C=O) groups is 1. The molecule has 2 unspecified atom stereocenters. The zero-order chi connectivity index (χ0) is 18.0. The molecule has 0 radical (unpaired) electrons. The molecule has 0 saturated carbocycles. The summed E-state index contributed by atoms with van der Waals surface area (Å²) >= 11 is 6.15. The standard InChI is InChI=1S/C17H15ClF3N3O/c18-13-7-2-1-6-12(13)14-9-15(24-23-14)16(25)22-11-5-3-4-10(8-11)17(19,20)21/h1-8,14-15,23-24H,9H2,(H,22,25). The van der Waals surface area contributed by atoms with Gasteiger partial charge in [0.15, 0.2) is 0 Å². The van der Waals surface area contributed by atoms with Crippen LogP contribution in [-0.2, 0) is 11.0 Å². The van der Waals surface area contributed by atoms with E-state index in [0.29, 0.717) is 11.4 Å². The topological polar surface area (TPSA) is 53.2 Å². The lowest BCUT2D eigenvalue weighted by atomic mass is 10.0. The van der Waals surface area contributed by atoms with Crippen LogP contribution in [0.3, 0.4) is 0 Å². The first-order valence-electron chi connectivity index (χ1n) is 7.58. The van der Waals surface area contributed by atoms with Gasteiger partial charge in [-0.05, 0) is 36.2 Å². The first-order chi connectivity index (χ1) is 11.8. The second kappa shape index (κ2) is 7.03. The normalized spacial score (nSPS) is 20.5. The molecule has 25 heavy (non-hydrogen) atoms. The number of nitrogens with one attached hydrogen (secondary N) is 3. The number of anilines is 1. The van der Waals surface area contributed by atoms with Crippen molar-refractivity contribution in [1.29, 1.82) is 0 Å². The van der Waals surface area contributed by atoms with Crippen LogP contribution in [0.2, 0.25) is 5.02 Å². The molecule has 4 nitrogen and oxygen atoms in total. The molecule has 2 aromatic rings. The Balaban J connectivity index is 1.66. The molecule has 1 fully saturated rings. The number of hydrazine groups is 1. The van der Waals surface area contributed by atoms with Crippen molar-refractivity contribution >= 4 is 23.2 Å². The minimum atomic E-state index is -4.46. The van der Waals surface area contributed by atoms with Gasteiger partial charge in [-0.3, -0.25) is 4.79 Å². The van der Waals surface area contributed by atoms with Gasteiger partial charge in [-0.1, -0.05) is 35.9 Å². The van der Waals surface area contributed by atoms with Gasteiger partial charge in [-0.2, -0.15) is 13.2 Å². The zero-order valence-electron chi connectivity index (χ0n) is 12.9. The molecular formula is C17H15ClF3N3O. The number of amides is 1. The van der Waals surface area contributed by atoms with E-state index in [-0.39, 0.29) is 11.7 Å². The summed E-state index contributed by atoms with van der Waals surface area (Å²) in [7, 11) is 0. The fourth-order valence-corrected chi connectivity index (χ4v) is 2.96. The monoisotopic (exact) mass is 369 g/mol. The maximum atomic E-state index is 12.7. The summed E-state index contributed by atoms with van der Waals surface area (Å²) < 4.78 is 38.2. The summed E-state index contributed by atoms with van der Waals surface area (Å²) in [6.45, 7) is 0. The molecule has 1 saturated heterocycles. The Labute approximate surface area is 147 Å². The Bertz CT molecular complexity index is 782. The van der Waals surface area contributed by atoms with Gasteiger partial charge in [0, 0.05) is 16.8 Å². The Morgan fingerprint density at radius 1 is 1.12 bits per heavy atom. The van der Waals surface area contributed by atoms with Crippen molar-refractivity contribution in [3.63, 3.8) is 0 Å². The Morgan fingerprint density at radius 2 is 1.88 bits per heavy atom. The van der Waals surface area contributed by atoms with Crippen molar-refractivity contribution in [3.8, 4) is 0 Å². The third kappa shape index (κ3) is 4.12. The highest BCUT2D eigenvalue weighted by Crippen LogP contribution is 2.31. The summed E-state index contributed by atoms with van der Waals surface area (Å²) in [5.41, 5.74) is 5.99. The third-order valence-electron chi connectivity index (χ3n) is 3.96. The van der Waals surface area contributed by atoms with Crippen LogP contribution >= 0.6 is 11.6 Å². The van der Waals surface area contributed by atoms with E-state index >= 15 is 0 Å². The van der Waals surface area contributed by atoms with Gasteiger partial charge in [-0.25, -0.2) is 10.9 Å². The van der Waals surface area contributed by atoms with E-state index in [1.807, 2.05) is 18.2 Å². The van der Waals surface area contributed by atoms with E-state index in [1.165, 1.54) is 12.1 Å². The lowest BCUT2D eigenvalue weighted by Gasteiger charge is -2.13. The Kier molecular flexibility index (Phi) is 4.99. The van der Waals surface area contributed by atoms with E-state index < -0.39 is 23.7 Å². The predicted octanol–water partition coefficient (Wildman–Crippen LogP) is 3.91.